The van der Waals surface area contributed by atoms with E-state index in [0.29, 0.717) is 12.1 Å². The molecule has 18 heavy (non-hydrogen) atoms. The van der Waals surface area contributed by atoms with E-state index in [2.05, 4.69) is 35.8 Å². The maximum Gasteiger partial charge on any atom is 0.150 e. The lowest BCUT2D eigenvalue weighted by Crippen LogP contribution is -2.35. The third-order valence-corrected chi connectivity index (χ3v) is 3.86. The highest BCUT2D eigenvalue weighted by Gasteiger charge is 2.25. The van der Waals surface area contributed by atoms with Crippen LogP contribution in [0.5, 0.6) is 0 Å². The second-order valence-electron chi connectivity index (χ2n) is 5.17. The molecule has 4 heteroatoms. The van der Waals surface area contributed by atoms with Crippen molar-refractivity contribution in [2.24, 2.45) is 0 Å². The Bertz CT molecular complexity index is 370. The number of hydrogen-bond donors (Lipinski definition) is 1. The Hall–Kier alpha value is -0.900. The van der Waals surface area contributed by atoms with Gasteiger partial charge in [0.2, 0.25) is 0 Å². The van der Waals surface area contributed by atoms with Gasteiger partial charge >= 0.3 is 0 Å². The van der Waals surface area contributed by atoms with Gasteiger partial charge in [0.25, 0.3) is 0 Å². The lowest BCUT2D eigenvalue weighted by atomic mass is 9.91. The Balaban J connectivity index is 2.11. The van der Waals surface area contributed by atoms with Crippen molar-refractivity contribution in [1.82, 2.24) is 20.1 Å². The van der Waals surface area contributed by atoms with Crippen molar-refractivity contribution in [3.05, 3.63) is 11.6 Å². The van der Waals surface area contributed by atoms with Crippen LogP contribution in [-0.2, 0) is 12.8 Å². The van der Waals surface area contributed by atoms with Gasteiger partial charge in [0.1, 0.15) is 5.82 Å². The number of hydrogen-bond acceptors (Lipinski definition) is 3. The van der Waals surface area contributed by atoms with E-state index >= 15 is 0 Å². The van der Waals surface area contributed by atoms with Crippen LogP contribution in [0.2, 0.25) is 0 Å². The highest BCUT2D eigenvalue weighted by Crippen LogP contribution is 2.29. The number of nitrogens with zero attached hydrogens (tertiary/aromatic N) is 3. The van der Waals surface area contributed by atoms with Gasteiger partial charge in [0.05, 0.1) is 6.04 Å². The molecule has 1 heterocycles. The maximum absolute atomic E-state index is 4.70. The Kier molecular flexibility index (Phi) is 4.75. The molecule has 1 aromatic heterocycles. The molecule has 0 radical (unpaired) electrons. The summed E-state index contributed by atoms with van der Waals surface area (Å²) in [6.07, 6.45) is 6.97. The standard InChI is InChI=1S/C14H26N4/c1-4-13-16-14(5-2)18(17-13)12-9-7-8-11(10-12)15-6-3/h11-12,15H,4-10H2,1-3H3. The predicted molar refractivity (Wildman–Crippen MR) is 73.7 cm³/mol. The van der Waals surface area contributed by atoms with Crippen LogP contribution >= 0.6 is 0 Å². The lowest BCUT2D eigenvalue weighted by Gasteiger charge is -2.30. The minimum absolute atomic E-state index is 0.547. The van der Waals surface area contributed by atoms with Crippen molar-refractivity contribution in [2.75, 3.05) is 6.54 Å². The fourth-order valence-electron chi connectivity index (χ4n) is 2.95. The average Bonchev–Trinajstić information content (AvgIpc) is 2.83. The molecule has 1 aromatic rings. The zero-order valence-corrected chi connectivity index (χ0v) is 11.9. The lowest BCUT2D eigenvalue weighted by molar-refractivity contribution is 0.267. The molecule has 0 amide bonds. The van der Waals surface area contributed by atoms with E-state index in [1.165, 1.54) is 25.7 Å². The van der Waals surface area contributed by atoms with Crippen LogP contribution in [0.15, 0.2) is 0 Å². The third kappa shape index (κ3) is 2.91. The summed E-state index contributed by atoms with van der Waals surface area (Å²) < 4.78 is 2.21. The molecule has 1 fully saturated rings. The van der Waals surface area contributed by atoms with Crippen LogP contribution in [0.3, 0.4) is 0 Å². The van der Waals surface area contributed by atoms with Crippen LogP contribution in [-0.4, -0.2) is 27.4 Å². The molecule has 0 saturated heterocycles. The van der Waals surface area contributed by atoms with E-state index in [1.54, 1.807) is 0 Å². The second kappa shape index (κ2) is 6.32. The summed E-state index contributed by atoms with van der Waals surface area (Å²) in [4.78, 5) is 4.62. The normalized spacial score (nSPS) is 24.4. The molecule has 102 valence electrons. The summed E-state index contributed by atoms with van der Waals surface area (Å²) in [5, 5.41) is 8.28. The molecule has 2 rings (SSSR count). The summed E-state index contributed by atoms with van der Waals surface area (Å²) in [5.41, 5.74) is 0. The van der Waals surface area contributed by atoms with Crippen LogP contribution in [0.1, 0.15) is 64.1 Å². The van der Waals surface area contributed by atoms with Gasteiger partial charge in [-0.3, -0.25) is 0 Å². The minimum atomic E-state index is 0.547. The summed E-state index contributed by atoms with van der Waals surface area (Å²) in [5.74, 6) is 2.16. The number of nitrogens with one attached hydrogen (secondary N) is 1. The monoisotopic (exact) mass is 250 g/mol. The molecule has 0 aromatic carbocycles. The Labute approximate surface area is 110 Å². The van der Waals surface area contributed by atoms with Gasteiger partial charge < -0.3 is 5.32 Å². The van der Waals surface area contributed by atoms with Crippen molar-refractivity contribution in [2.45, 2.75) is 71.4 Å². The predicted octanol–water partition coefficient (Wildman–Crippen LogP) is 2.50. The van der Waals surface area contributed by atoms with E-state index in [9.17, 15) is 0 Å². The Morgan fingerprint density at radius 3 is 2.72 bits per heavy atom. The number of rotatable bonds is 5. The van der Waals surface area contributed by atoms with Gasteiger partial charge in [-0.2, -0.15) is 5.10 Å². The van der Waals surface area contributed by atoms with Gasteiger partial charge in [-0.1, -0.05) is 20.8 Å². The highest BCUT2D eigenvalue weighted by atomic mass is 15.4. The first kappa shape index (κ1) is 13.5. The first-order valence-electron chi connectivity index (χ1n) is 7.46. The van der Waals surface area contributed by atoms with Gasteiger partial charge in [0, 0.05) is 18.9 Å². The molecule has 1 aliphatic rings. The van der Waals surface area contributed by atoms with E-state index < -0.39 is 0 Å². The largest absolute Gasteiger partial charge is 0.314 e. The Morgan fingerprint density at radius 1 is 1.22 bits per heavy atom. The zero-order chi connectivity index (χ0) is 13.0. The summed E-state index contributed by atoms with van der Waals surface area (Å²) in [7, 11) is 0. The molecule has 0 aliphatic heterocycles. The molecule has 2 atom stereocenters. The topological polar surface area (TPSA) is 42.7 Å². The summed E-state index contributed by atoms with van der Waals surface area (Å²) in [6, 6.07) is 1.21. The van der Waals surface area contributed by atoms with E-state index in [0.717, 1.165) is 31.0 Å². The minimum Gasteiger partial charge on any atom is -0.314 e. The fraction of sp³-hybridized carbons (Fsp3) is 0.857. The quantitative estimate of drug-likeness (QED) is 0.873. The van der Waals surface area contributed by atoms with Gasteiger partial charge in [-0.15, -0.1) is 0 Å². The van der Waals surface area contributed by atoms with Crippen molar-refractivity contribution in [3.8, 4) is 0 Å². The van der Waals surface area contributed by atoms with Crippen molar-refractivity contribution >= 4 is 0 Å². The first-order valence-corrected chi connectivity index (χ1v) is 7.46. The van der Waals surface area contributed by atoms with Crippen LogP contribution < -0.4 is 5.32 Å². The molecule has 4 nitrogen and oxygen atoms in total. The van der Waals surface area contributed by atoms with Gasteiger partial charge in [-0.05, 0) is 32.2 Å². The number of aryl methyl sites for hydroxylation is 2. The van der Waals surface area contributed by atoms with Crippen molar-refractivity contribution < 1.29 is 0 Å². The average molecular weight is 250 g/mol. The zero-order valence-electron chi connectivity index (χ0n) is 11.9. The number of aromatic nitrogens is 3. The van der Waals surface area contributed by atoms with Crippen LogP contribution in [0.4, 0.5) is 0 Å². The molecule has 2 unspecified atom stereocenters. The Morgan fingerprint density at radius 2 is 2.06 bits per heavy atom. The summed E-state index contributed by atoms with van der Waals surface area (Å²) in [6.45, 7) is 7.55. The molecule has 0 spiro atoms. The van der Waals surface area contributed by atoms with Crippen molar-refractivity contribution in [3.63, 3.8) is 0 Å². The molecular weight excluding hydrogens is 224 g/mol. The third-order valence-electron chi connectivity index (χ3n) is 3.86. The van der Waals surface area contributed by atoms with E-state index in [1.807, 2.05) is 0 Å². The fourth-order valence-corrected chi connectivity index (χ4v) is 2.95. The highest BCUT2D eigenvalue weighted by molar-refractivity contribution is 4.96. The second-order valence-corrected chi connectivity index (χ2v) is 5.17. The molecule has 1 saturated carbocycles. The van der Waals surface area contributed by atoms with Crippen LogP contribution in [0.25, 0.3) is 0 Å². The summed E-state index contributed by atoms with van der Waals surface area (Å²) >= 11 is 0. The SMILES string of the molecule is CCNC1CCCC(n2nc(CC)nc2CC)C1. The smallest absolute Gasteiger partial charge is 0.150 e. The van der Waals surface area contributed by atoms with E-state index in [-0.39, 0.29) is 0 Å². The maximum atomic E-state index is 4.70. The molecule has 1 aliphatic carbocycles. The van der Waals surface area contributed by atoms with E-state index in [4.69, 9.17) is 5.10 Å². The molecular formula is C14H26N4. The van der Waals surface area contributed by atoms with Crippen molar-refractivity contribution in [1.29, 1.82) is 0 Å². The van der Waals surface area contributed by atoms with Crippen LogP contribution in [0, 0.1) is 0 Å². The molecule has 1 N–H and O–H groups in total. The first-order chi connectivity index (χ1) is 8.78. The van der Waals surface area contributed by atoms with Gasteiger partial charge in [0.15, 0.2) is 5.82 Å². The molecule has 0 bridgehead atoms. The van der Waals surface area contributed by atoms with Gasteiger partial charge in [-0.25, -0.2) is 9.67 Å².